The molecule has 1 fully saturated rings. The predicted octanol–water partition coefficient (Wildman–Crippen LogP) is 2.71. The lowest BCUT2D eigenvalue weighted by Gasteiger charge is -2.36. The summed E-state index contributed by atoms with van der Waals surface area (Å²) in [5, 5.41) is 7.94. The molecule has 9 heteroatoms. The minimum atomic E-state index is -0.506. The third-order valence-corrected chi connectivity index (χ3v) is 6.45. The molecule has 4 heterocycles. The Bertz CT molecular complexity index is 1000. The Balaban J connectivity index is 1.55. The summed E-state index contributed by atoms with van der Waals surface area (Å²) in [5.41, 5.74) is 2.38. The molecule has 0 saturated carbocycles. The number of nitrogens with one attached hydrogen (secondary N) is 1. The highest BCUT2D eigenvalue weighted by Crippen LogP contribution is 2.38. The summed E-state index contributed by atoms with van der Waals surface area (Å²) >= 11 is 0. The van der Waals surface area contributed by atoms with Crippen LogP contribution in [-0.4, -0.2) is 53.0 Å². The van der Waals surface area contributed by atoms with Gasteiger partial charge >= 0.3 is 5.97 Å². The van der Waals surface area contributed by atoms with E-state index in [2.05, 4.69) is 10.3 Å². The monoisotopic (exact) mass is 444 g/mol. The van der Waals surface area contributed by atoms with E-state index in [1.165, 1.54) is 6.26 Å². The summed E-state index contributed by atoms with van der Waals surface area (Å²) in [6, 6.07) is 0. The molecule has 0 bridgehead atoms. The molecule has 9 nitrogen and oxygen atoms in total. The molecule has 2 aliphatic rings. The lowest BCUT2D eigenvalue weighted by atomic mass is 9.74. The van der Waals surface area contributed by atoms with Gasteiger partial charge in [-0.05, 0) is 31.6 Å². The first-order valence-corrected chi connectivity index (χ1v) is 11.3. The van der Waals surface area contributed by atoms with Crippen LogP contribution in [0.25, 0.3) is 0 Å². The number of rotatable bonds is 6. The lowest BCUT2D eigenvalue weighted by Crippen LogP contribution is -2.40. The van der Waals surface area contributed by atoms with Gasteiger partial charge in [0.25, 0.3) is 5.91 Å². The van der Waals surface area contributed by atoms with Gasteiger partial charge in [0.15, 0.2) is 11.6 Å². The van der Waals surface area contributed by atoms with Crippen molar-refractivity contribution in [3.8, 4) is 0 Å². The highest BCUT2D eigenvalue weighted by Gasteiger charge is 2.40. The van der Waals surface area contributed by atoms with Gasteiger partial charge in [-0.15, -0.1) is 0 Å². The molecule has 0 aromatic carbocycles. The van der Waals surface area contributed by atoms with Crippen molar-refractivity contribution in [3.05, 3.63) is 34.8 Å². The first-order chi connectivity index (χ1) is 15.2. The maximum atomic E-state index is 13.0. The van der Waals surface area contributed by atoms with E-state index < -0.39 is 5.97 Å². The largest absolute Gasteiger partial charge is 0.460 e. The molecule has 0 radical (unpaired) electrons. The minimum absolute atomic E-state index is 0.00304. The average Bonchev–Trinajstić information content (AvgIpc) is 3.31. The van der Waals surface area contributed by atoms with E-state index in [0.717, 1.165) is 30.5 Å². The smallest absolute Gasteiger partial charge is 0.360 e. The highest BCUT2D eigenvalue weighted by atomic mass is 16.5. The standard InChI is InChI=1S/C23H32N4O5/c1-5-27-19-16(10-23(13-24-20(19)28)6-8-30-9-7-23)17(26-27)11-22(3,4)14-32-21(29)18-12-31-15(2)25-18/h12H,5-11,13-14H2,1-4H3,(H,24,28). The number of nitrogens with zero attached hydrogens (tertiary/aromatic N) is 3. The van der Waals surface area contributed by atoms with Crippen molar-refractivity contribution in [2.24, 2.45) is 10.8 Å². The normalized spacial score (nSPS) is 18.2. The van der Waals surface area contributed by atoms with Crippen LogP contribution < -0.4 is 5.32 Å². The molecule has 4 rings (SSSR count). The molecule has 1 saturated heterocycles. The van der Waals surface area contributed by atoms with Crippen LogP contribution in [0.1, 0.15) is 71.7 Å². The minimum Gasteiger partial charge on any atom is -0.460 e. The second kappa shape index (κ2) is 8.69. The van der Waals surface area contributed by atoms with Crippen molar-refractivity contribution in [2.45, 2.75) is 59.9 Å². The van der Waals surface area contributed by atoms with E-state index in [1.807, 2.05) is 20.8 Å². The predicted molar refractivity (Wildman–Crippen MR) is 115 cm³/mol. The molecule has 1 amide bonds. The first kappa shape index (κ1) is 22.5. The number of carbonyl (C=O) groups is 2. The summed E-state index contributed by atoms with van der Waals surface area (Å²) in [5.74, 6) is -0.146. The van der Waals surface area contributed by atoms with E-state index in [-0.39, 0.29) is 29.0 Å². The first-order valence-electron chi connectivity index (χ1n) is 11.3. The Morgan fingerprint density at radius 2 is 2.09 bits per heavy atom. The maximum absolute atomic E-state index is 13.0. The third kappa shape index (κ3) is 4.57. The van der Waals surface area contributed by atoms with Crippen molar-refractivity contribution in [2.75, 3.05) is 26.4 Å². The van der Waals surface area contributed by atoms with E-state index in [4.69, 9.17) is 19.0 Å². The van der Waals surface area contributed by atoms with Crippen molar-refractivity contribution in [1.82, 2.24) is 20.1 Å². The number of esters is 1. The molecule has 1 spiro atoms. The Hall–Kier alpha value is -2.68. The number of aryl methyl sites for hydroxylation is 2. The zero-order valence-electron chi connectivity index (χ0n) is 19.3. The Kier molecular flexibility index (Phi) is 6.11. The van der Waals surface area contributed by atoms with Crippen LogP contribution in [0.2, 0.25) is 0 Å². The summed E-state index contributed by atoms with van der Waals surface area (Å²) in [4.78, 5) is 29.3. The zero-order chi connectivity index (χ0) is 22.9. The van der Waals surface area contributed by atoms with Crippen molar-refractivity contribution < 1.29 is 23.5 Å². The molecule has 0 aliphatic carbocycles. The second-order valence-corrected chi connectivity index (χ2v) is 9.73. The molecular weight excluding hydrogens is 412 g/mol. The fraction of sp³-hybridized carbons (Fsp3) is 0.652. The molecule has 2 aromatic heterocycles. The topological polar surface area (TPSA) is 108 Å². The zero-order valence-corrected chi connectivity index (χ0v) is 19.3. The average molecular weight is 445 g/mol. The van der Waals surface area contributed by atoms with E-state index in [9.17, 15) is 9.59 Å². The van der Waals surface area contributed by atoms with Gasteiger partial charge in [0.2, 0.25) is 0 Å². The number of oxazole rings is 1. The third-order valence-electron chi connectivity index (χ3n) is 6.45. The van der Waals surface area contributed by atoms with Crippen LogP contribution in [0, 0.1) is 17.8 Å². The van der Waals surface area contributed by atoms with Crippen LogP contribution in [-0.2, 0) is 28.9 Å². The second-order valence-electron chi connectivity index (χ2n) is 9.73. The number of hydrogen-bond acceptors (Lipinski definition) is 7. The van der Waals surface area contributed by atoms with Gasteiger partial charge in [-0.3, -0.25) is 9.48 Å². The van der Waals surface area contributed by atoms with Crippen LogP contribution in [0.15, 0.2) is 10.7 Å². The van der Waals surface area contributed by atoms with Crippen LogP contribution in [0.5, 0.6) is 0 Å². The Morgan fingerprint density at radius 1 is 1.34 bits per heavy atom. The van der Waals surface area contributed by atoms with Crippen molar-refractivity contribution >= 4 is 11.9 Å². The quantitative estimate of drug-likeness (QED) is 0.683. The molecule has 0 unspecified atom stereocenters. The van der Waals surface area contributed by atoms with Gasteiger partial charge < -0.3 is 19.2 Å². The SMILES string of the molecule is CCn1nc(CC(C)(C)COC(=O)c2coc(C)n2)c2c1C(=O)NCC1(CCOCC1)C2. The van der Waals surface area contributed by atoms with Gasteiger partial charge in [-0.2, -0.15) is 5.10 Å². The fourth-order valence-corrected chi connectivity index (χ4v) is 4.60. The fourth-order valence-electron chi connectivity index (χ4n) is 4.60. The molecule has 0 atom stereocenters. The Morgan fingerprint density at radius 3 is 2.75 bits per heavy atom. The van der Waals surface area contributed by atoms with Gasteiger partial charge in [-0.1, -0.05) is 13.8 Å². The van der Waals surface area contributed by atoms with Crippen LogP contribution in [0.3, 0.4) is 0 Å². The van der Waals surface area contributed by atoms with Gasteiger partial charge in [-0.25, -0.2) is 9.78 Å². The molecule has 32 heavy (non-hydrogen) atoms. The molecule has 174 valence electrons. The number of ether oxygens (including phenoxy) is 2. The van der Waals surface area contributed by atoms with E-state index >= 15 is 0 Å². The van der Waals surface area contributed by atoms with Crippen molar-refractivity contribution in [3.63, 3.8) is 0 Å². The maximum Gasteiger partial charge on any atom is 0.360 e. The van der Waals surface area contributed by atoms with Gasteiger partial charge in [0.05, 0.1) is 12.3 Å². The summed E-state index contributed by atoms with van der Waals surface area (Å²) in [7, 11) is 0. The molecular formula is C23H32N4O5. The Labute approximate surface area is 187 Å². The number of hydrogen-bond donors (Lipinski definition) is 1. The van der Waals surface area contributed by atoms with Gasteiger partial charge in [0, 0.05) is 50.6 Å². The summed E-state index contributed by atoms with van der Waals surface area (Å²) in [6.45, 7) is 10.6. The van der Waals surface area contributed by atoms with E-state index in [0.29, 0.717) is 44.3 Å². The highest BCUT2D eigenvalue weighted by molar-refractivity contribution is 5.94. The summed E-state index contributed by atoms with van der Waals surface area (Å²) in [6.07, 6.45) is 4.53. The lowest BCUT2D eigenvalue weighted by molar-refractivity contribution is 0.0159. The van der Waals surface area contributed by atoms with Crippen molar-refractivity contribution in [1.29, 1.82) is 0 Å². The van der Waals surface area contributed by atoms with Crippen LogP contribution >= 0.6 is 0 Å². The number of aromatic nitrogens is 3. The molecule has 2 aromatic rings. The van der Waals surface area contributed by atoms with Crippen LogP contribution in [0.4, 0.5) is 0 Å². The van der Waals surface area contributed by atoms with Gasteiger partial charge in [0.1, 0.15) is 12.0 Å². The number of carbonyl (C=O) groups excluding carboxylic acids is 2. The van der Waals surface area contributed by atoms with E-state index in [1.54, 1.807) is 11.6 Å². The molecule has 1 N–H and O–H groups in total. The number of fused-ring (bicyclic) bond motifs is 1. The number of amides is 1. The summed E-state index contributed by atoms with van der Waals surface area (Å²) < 4.78 is 18.0. The molecule has 2 aliphatic heterocycles.